The summed E-state index contributed by atoms with van der Waals surface area (Å²) in [7, 11) is 1.50. The van der Waals surface area contributed by atoms with Gasteiger partial charge in [0, 0.05) is 13.5 Å². The molecule has 5 nitrogen and oxygen atoms in total. The highest BCUT2D eigenvalue weighted by molar-refractivity contribution is 5.86. The summed E-state index contributed by atoms with van der Waals surface area (Å²) in [6, 6.07) is 0. The van der Waals surface area contributed by atoms with Crippen LogP contribution >= 0.6 is 0 Å². The van der Waals surface area contributed by atoms with Gasteiger partial charge >= 0.3 is 5.97 Å². The third-order valence-electron chi connectivity index (χ3n) is 2.17. The van der Waals surface area contributed by atoms with Gasteiger partial charge in [0.25, 0.3) is 0 Å². The molecular formula is C10H19NO4. The monoisotopic (exact) mass is 217 g/mol. The molecule has 0 bridgehead atoms. The molecule has 0 rings (SSSR count). The molecule has 5 heteroatoms. The van der Waals surface area contributed by atoms with E-state index in [1.54, 1.807) is 0 Å². The number of amides is 1. The molecule has 0 saturated heterocycles. The molecule has 1 unspecified atom stereocenters. The quantitative estimate of drug-likeness (QED) is 0.661. The number of carbonyl (C=O) groups is 2. The van der Waals surface area contributed by atoms with Gasteiger partial charge < -0.3 is 15.2 Å². The first-order chi connectivity index (χ1) is 6.96. The second-order valence-electron chi connectivity index (χ2n) is 3.68. The van der Waals surface area contributed by atoms with Crippen LogP contribution in [0.15, 0.2) is 0 Å². The van der Waals surface area contributed by atoms with Crippen molar-refractivity contribution < 1.29 is 19.4 Å². The summed E-state index contributed by atoms with van der Waals surface area (Å²) in [6.07, 6.45) is 1.30. The predicted octanol–water partition coefficient (Wildman–Crippen LogP) is 0.782. The molecule has 0 aromatic rings. The summed E-state index contributed by atoms with van der Waals surface area (Å²) in [4.78, 5) is 22.3. The zero-order valence-corrected chi connectivity index (χ0v) is 9.50. The number of carboxylic acid groups (broad SMARTS) is 1. The third kappa shape index (κ3) is 4.78. The Hall–Kier alpha value is -1.10. The van der Waals surface area contributed by atoms with Gasteiger partial charge in [0.05, 0.1) is 6.61 Å². The molecule has 0 heterocycles. The van der Waals surface area contributed by atoms with E-state index in [4.69, 9.17) is 9.84 Å². The molecule has 15 heavy (non-hydrogen) atoms. The van der Waals surface area contributed by atoms with Gasteiger partial charge in [0.15, 0.2) is 0 Å². The number of methoxy groups -OCH3 is 1. The first-order valence-corrected chi connectivity index (χ1v) is 4.99. The van der Waals surface area contributed by atoms with Gasteiger partial charge in [-0.1, -0.05) is 13.3 Å². The minimum absolute atomic E-state index is 0.184. The SMILES string of the molecule is CCCC(C)(NC(=O)CCOC)C(=O)O. The van der Waals surface area contributed by atoms with Crippen LogP contribution in [0.2, 0.25) is 0 Å². The minimum Gasteiger partial charge on any atom is -0.480 e. The highest BCUT2D eigenvalue weighted by Gasteiger charge is 2.33. The van der Waals surface area contributed by atoms with Crippen molar-refractivity contribution in [1.82, 2.24) is 5.32 Å². The number of aliphatic carboxylic acids is 1. The van der Waals surface area contributed by atoms with Crippen molar-refractivity contribution in [2.24, 2.45) is 0 Å². The van der Waals surface area contributed by atoms with Crippen LogP contribution in [0.3, 0.4) is 0 Å². The van der Waals surface area contributed by atoms with Gasteiger partial charge in [0.1, 0.15) is 5.54 Å². The fraction of sp³-hybridized carbons (Fsp3) is 0.800. The van der Waals surface area contributed by atoms with Crippen molar-refractivity contribution in [3.8, 4) is 0 Å². The Morgan fingerprint density at radius 3 is 2.47 bits per heavy atom. The number of hydrogen-bond donors (Lipinski definition) is 2. The Morgan fingerprint density at radius 2 is 2.07 bits per heavy atom. The number of hydrogen-bond acceptors (Lipinski definition) is 3. The molecule has 1 atom stereocenters. The van der Waals surface area contributed by atoms with E-state index in [2.05, 4.69) is 5.32 Å². The summed E-state index contributed by atoms with van der Waals surface area (Å²) in [6.45, 7) is 3.69. The normalized spacial score (nSPS) is 14.3. The molecule has 0 aliphatic carbocycles. The van der Waals surface area contributed by atoms with Crippen LogP contribution in [0, 0.1) is 0 Å². The van der Waals surface area contributed by atoms with E-state index >= 15 is 0 Å². The van der Waals surface area contributed by atoms with Gasteiger partial charge in [-0.3, -0.25) is 4.79 Å². The average molecular weight is 217 g/mol. The molecule has 0 aliphatic heterocycles. The predicted molar refractivity (Wildman–Crippen MR) is 55.6 cm³/mol. The molecule has 0 fully saturated rings. The van der Waals surface area contributed by atoms with Gasteiger partial charge in [-0.05, 0) is 13.3 Å². The standard InChI is InChI=1S/C10H19NO4/c1-4-6-10(2,9(13)14)11-8(12)5-7-15-3/h4-7H2,1-3H3,(H,11,12)(H,13,14). The van der Waals surface area contributed by atoms with Crippen LogP contribution in [0.1, 0.15) is 33.1 Å². The van der Waals surface area contributed by atoms with Crippen molar-refractivity contribution in [2.75, 3.05) is 13.7 Å². The maximum atomic E-state index is 11.3. The van der Waals surface area contributed by atoms with Crippen LogP contribution in [0.5, 0.6) is 0 Å². The van der Waals surface area contributed by atoms with Gasteiger partial charge in [-0.2, -0.15) is 0 Å². The number of ether oxygens (including phenoxy) is 1. The van der Waals surface area contributed by atoms with Crippen molar-refractivity contribution >= 4 is 11.9 Å². The highest BCUT2D eigenvalue weighted by Crippen LogP contribution is 2.12. The second kappa shape index (κ2) is 6.40. The maximum Gasteiger partial charge on any atom is 0.329 e. The lowest BCUT2D eigenvalue weighted by molar-refractivity contribution is -0.147. The van der Waals surface area contributed by atoms with E-state index in [0.717, 1.165) is 0 Å². The van der Waals surface area contributed by atoms with Crippen molar-refractivity contribution in [1.29, 1.82) is 0 Å². The van der Waals surface area contributed by atoms with Gasteiger partial charge in [-0.15, -0.1) is 0 Å². The van der Waals surface area contributed by atoms with E-state index in [9.17, 15) is 9.59 Å². The Kier molecular flexibility index (Phi) is 5.93. The molecule has 0 aliphatic rings. The number of carboxylic acids is 1. The molecule has 1 amide bonds. The average Bonchev–Trinajstić information content (AvgIpc) is 2.14. The third-order valence-corrected chi connectivity index (χ3v) is 2.17. The van der Waals surface area contributed by atoms with E-state index in [1.165, 1.54) is 14.0 Å². The number of rotatable bonds is 7. The Bertz CT molecular complexity index is 229. The Morgan fingerprint density at radius 1 is 1.47 bits per heavy atom. The summed E-state index contributed by atoms with van der Waals surface area (Å²) >= 11 is 0. The van der Waals surface area contributed by atoms with Crippen LogP contribution in [0.4, 0.5) is 0 Å². The topological polar surface area (TPSA) is 75.6 Å². The molecule has 0 saturated carbocycles. The number of carbonyl (C=O) groups excluding carboxylic acids is 1. The first kappa shape index (κ1) is 13.9. The zero-order chi connectivity index (χ0) is 11.9. The summed E-state index contributed by atoms with van der Waals surface area (Å²) in [5.74, 6) is -1.30. The van der Waals surface area contributed by atoms with Gasteiger partial charge in [-0.25, -0.2) is 4.79 Å². The molecule has 0 aromatic heterocycles. The largest absolute Gasteiger partial charge is 0.480 e. The molecular weight excluding hydrogens is 198 g/mol. The molecule has 0 aromatic carbocycles. The Labute approximate surface area is 89.8 Å². The van der Waals surface area contributed by atoms with Gasteiger partial charge in [0.2, 0.25) is 5.91 Å². The molecule has 2 N–H and O–H groups in total. The fourth-order valence-corrected chi connectivity index (χ4v) is 1.29. The van der Waals surface area contributed by atoms with Crippen LogP contribution in [0.25, 0.3) is 0 Å². The van der Waals surface area contributed by atoms with E-state index in [1.807, 2.05) is 6.92 Å². The minimum atomic E-state index is -1.17. The summed E-state index contributed by atoms with van der Waals surface area (Å²) < 4.78 is 4.74. The fourth-order valence-electron chi connectivity index (χ4n) is 1.29. The maximum absolute atomic E-state index is 11.3. The lowest BCUT2D eigenvalue weighted by Gasteiger charge is -2.25. The highest BCUT2D eigenvalue weighted by atomic mass is 16.5. The van der Waals surface area contributed by atoms with Crippen molar-refractivity contribution in [3.63, 3.8) is 0 Å². The first-order valence-electron chi connectivity index (χ1n) is 4.99. The van der Waals surface area contributed by atoms with Crippen LogP contribution < -0.4 is 5.32 Å². The lowest BCUT2D eigenvalue weighted by atomic mass is 9.96. The van der Waals surface area contributed by atoms with E-state index < -0.39 is 11.5 Å². The molecule has 0 spiro atoms. The van der Waals surface area contributed by atoms with E-state index in [-0.39, 0.29) is 12.3 Å². The summed E-state index contributed by atoms with van der Waals surface area (Å²) in [5, 5.41) is 11.5. The molecule has 0 radical (unpaired) electrons. The van der Waals surface area contributed by atoms with E-state index in [0.29, 0.717) is 19.4 Å². The second-order valence-corrected chi connectivity index (χ2v) is 3.68. The zero-order valence-electron chi connectivity index (χ0n) is 9.50. The van der Waals surface area contributed by atoms with Crippen molar-refractivity contribution in [3.05, 3.63) is 0 Å². The van der Waals surface area contributed by atoms with Crippen molar-refractivity contribution in [2.45, 2.75) is 38.6 Å². The summed E-state index contributed by atoms with van der Waals surface area (Å²) in [5.41, 5.74) is -1.17. The van der Waals surface area contributed by atoms with Crippen LogP contribution in [-0.2, 0) is 14.3 Å². The van der Waals surface area contributed by atoms with Crippen LogP contribution in [-0.4, -0.2) is 36.2 Å². The smallest absolute Gasteiger partial charge is 0.329 e. The Balaban J connectivity index is 4.28. The number of nitrogens with one attached hydrogen (secondary N) is 1. The molecule has 88 valence electrons. The lowest BCUT2D eigenvalue weighted by Crippen LogP contribution is -2.52.